The van der Waals surface area contributed by atoms with Crippen LogP contribution in [0.5, 0.6) is 5.75 Å². The third-order valence-electron chi connectivity index (χ3n) is 5.78. The van der Waals surface area contributed by atoms with Gasteiger partial charge in [-0.05, 0) is 48.9 Å². The molecule has 35 heavy (non-hydrogen) atoms. The molecule has 3 heterocycles. The smallest absolute Gasteiger partial charge is 0.274 e. The largest absolute Gasteiger partial charge is 0.494 e. The Bertz CT molecular complexity index is 1770. The van der Waals surface area contributed by atoms with Crippen LogP contribution in [0.4, 0.5) is 0 Å². The summed E-state index contributed by atoms with van der Waals surface area (Å²) in [5, 5.41) is 4.90. The second kappa shape index (κ2) is 8.85. The minimum atomic E-state index is -0.0721. The van der Waals surface area contributed by atoms with E-state index in [0.717, 1.165) is 45.7 Å². The van der Waals surface area contributed by atoms with Gasteiger partial charge in [0.25, 0.3) is 5.56 Å². The normalized spacial score (nSPS) is 12.1. The molecule has 0 bridgehead atoms. The molecule has 0 aliphatic heterocycles. The first kappa shape index (κ1) is 21.3. The van der Waals surface area contributed by atoms with Crippen LogP contribution in [0.15, 0.2) is 89.9 Å². The Kier molecular flexibility index (Phi) is 5.39. The summed E-state index contributed by atoms with van der Waals surface area (Å²) < 4.78 is 10.0. The Morgan fingerprint density at radius 1 is 1.00 bits per heavy atom. The second-order valence-electron chi connectivity index (χ2n) is 8.22. The Hall–Kier alpha value is -4.23. The van der Waals surface area contributed by atoms with E-state index in [9.17, 15) is 4.79 Å². The maximum absolute atomic E-state index is 13.4. The van der Waals surface area contributed by atoms with Crippen molar-refractivity contribution < 1.29 is 4.74 Å². The standard InChI is InChI=1S/C28H22N4O2S/c1-2-15-34-22-12-8-9-19(16-22)26-20(18-31(30-26)21-10-4-3-5-11-21)17-25-27(33)32-24-14-7-6-13-23(24)29-28(32)35-25/h3-14,16-18H,2,15H2,1H3. The van der Waals surface area contributed by atoms with Crippen LogP contribution < -0.4 is 14.8 Å². The highest BCUT2D eigenvalue weighted by Gasteiger charge is 2.15. The van der Waals surface area contributed by atoms with Gasteiger partial charge in [-0.15, -0.1) is 0 Å². The third kappa shape index (κ3) is 3.90. The molecule has 0 amide bonds. The van der Waals surface area contributed by atoms with Crippen LogP contribution >= 0.6 is 11.3 Å². The Balaban J connectivity index is 1.53. The zero-order valence-corrected chi connectivity index (χ0v) is 19.9. The van der Waals surface area contributed by atoms with Crippen LogP contribution in [0.25, 0.3) is 39.0 Å². The molecule has 6 nitrogen and oxygen atoms in total. The summed E-state index contributed by atoms with van der Waals surface area (Å²) in [7, 11) is 0. The molecule has 0 atom stereocenters. The molecular weight excluding hydrogens is 456 g/mol. The van der Waals surface area contributed by atoms with Gasteiger partial charge in [-0.1, -0.05) is 60.7 Å². The van der Waals surface area contributed by atoms with E-state index >= 15 is 0 Å². The van der Waals surface area contributed by atoms with Crippen LogP contribution in [0.3, 0.4) is 0 Å². The van der Waals surface area contributed by atoms with Crippen molar-refractivity contribution in [2.75, 3.05) is 6.61 Å². The van der Waals surface area contributed by atoms with Gasteiger partial charge < -0.3 is 4.74 Å². The average Bonchev–Trinajstić information content (AvgIpc) is 3.57. The van der Waals surface area contributed by atoms with Gasteiger partial charge in [0.1, 0.15) is 11.4 Å². The van der Waals surface area contributed by atoms with Gasteiger partial charge in [-0.25, -0.2) is 14.1 Å². The highest BCUT2D eigenvalue weighted by Crippen LogP contribution is 2.28. The highest BCUT2D eigenvalue weighted by molar-refractivity contribution is 7.15. The molecule has 0 aliphatic carbocycles. The van der Waals surface area contributed by atoms with Crippen LogP contribution in [0, 0.1) is 0 Å². The maximum atomic E-state index is 13.4. The minimum Gasteiger partial charge on any atom is -0.494 e. The lowest BCUT2D eigenvalue weighted by atomic mass is 10.1. The van der Waals surface area contributed by atoms with Crippen molar-refractivity contribution in [3.63, 3.8) is 0 Å². The van der Waals surface area contributed by atoms with Crippen molar-refractivity contribution in [1.82, 2.24) is 19.2 Å². The third-order valence-corrected chi connectivity index (χ3v) is 6.74. The van der Waals surface area contributed by atoms with Crippen molar-refractivity contribution >= 4 is 33.4 Å². The first-order valence-electron chi connectivity index (χ1n) is 11.5. The van der Waals surface area contributed by atoms with Gasteiger partial charge in [0.05, 0.1) is 27.9 Å². The summed E-state index contributed by atoms with van der Waals surface area (Å²) in [6, 6.07) is 25.6. The molecular formula is C28H22N4O2S. The number of hydrogen-bond donors (Lipinski definition) is 0. The number of thiazole rings is 1. The molecule has 6 rings (SSSR count). The highest BCUT2D eigenvalue weighted by atomic mass is 32.1. The fraction of sp³-hybridized carbons (Fsp3) is 0.107. The van der Waals surface area contributed by atoms with Gasteiger partial charge in [0.15, 0.2) is 4.96 Å². The molecule has 3 aromatic carbocycles. The van der Waals surface area contributed by atoms with Crippen LogP contribution in [0.1, 0.15) is 18.9 Å². The summed E-state index contributed by atoms with van der Waals surface area (Å²) in [5.41, 5.74) is 5.09. The van der Waals surface area contributed by atoms with Crippen molar-refractivity contribution in [1.29, 1.82) is 0 Å². The quantitative estimate of drug-likeness (QED) is 0.334. The summed E-state index contributed by atoms with van der Waals surface area (Å²) in [4.78, 5) is 18.7. The number of ether oxygens (including phenoxy) is 1. The molecule has 0 N–H and O–H groups in total. The van der Waals surface area contributed by atoms with Crippen LogP contribution in [-0.2, 0) is 0 Å². The Morgan fingerprint density at radius 2 is 1.83 bits per heavy atom. The number of aromatic nitrogens is 4. The lowest BCUT2D eigenvalue weighted by Gasteiger charge is -2.06. The molecule has 0 fully saturated rings. The topological polar surface area (TPSA) is 61.4 Å². The number of rotatable bonds is 6. The van der Waals surface area contributed by atoms with Crippen molar-refractivity contribution in [3.05, 3.63) is 106 Å². The number of hydrogen-bond acceptors (Lipinski definition) is 5. The Morgan fingerprint density at radius 3 is 2.69 bits per heavy atom. The predicted octanol–water partition coefficient (Wildman–Crippen LogP) is 5.10. The van der Waals surface area contributed by atoms with Crippen molar-refractivity contribution in [2.45, 2.75) is 13.3 Å². The van der Waals surface area contributed by atoms with Crippen molar-refractivity contribution in [3.8, 4) is 22.7 Å². The fourth-order valence-electron chi connectivity index (χ4n) is 4.14. The van der Waals surface area contributed by atoms with Gasteiger partial charge in [0, 0.05) is 17.3 Å². The molecule has 0 saturated carbocycles. The van der Waals surface area contributed by atoms with Crippen molar-refractivity contribution in [2.24, 2.45) is 0 Å². The molecule has 6 aromatic rings. The van der Waals surface area contributed by atoms with E-state index < -0.39 is 0 Å². The molecule has 0 aliphatic rings. The van der Waals surface area contributed by atoms with E-state index in [4.69, 9.17) is 9.84 Å². The first-order chi connectivity index (χ1) is 17.2. The minimum absolute atomic E-state index is 0.0721. The molecule has 0 radical (unpaired) electrons. The van der Waals surface area contributed by atoms with Gasteiger partial charge in [-0.2, -0.15) is 5.10 Å². The van der Waals surface area contributed by atoms with Gasteiger partial charge in [0.2, 0.25) is 0 Å². The average molecular weight is 479 g/mol. The predicted molar refractivity (Wildman–Crippen MR) is 140 cm³/mol. The number of para-hydroxylation sites is 3. The van der Waals surface area contributed by atoms with Gasteiger partial charge >= 0.3 is 0 Å². The zero-order valence-electron chi connectivity index (χ0n) is 19.1. The fourth-order valence-corrected chi connectivity index (χ4v) is 5.11. The molecule has 0 unspecified atom stereocenters. The molecule has 0 spiro atoms. The lowest BCUT2D eigenvalue weighted by molar-refractivity contribution is 0.317. The number of fused-ring (bicyclic) bond motifs is 3. The van der Waals surface area contributed by atoms with E-state index in [1.54, 1.807) is 4.40 Å². The molecule has 0 saturated heterocycles. The number of benzene rings is 3. The SMILES string of the molecule is CCCOc1cccc(-c2nn(-c3ccccc3)cc2C=c2sc3nc4ccccc4n3c2=O)c1. The molecule has 172 valence electrons. The zero-order chi connectivity index (χ0) is 23.8. The number of imidazole rings is 1. The van der Waals surface area contributed by atoms with Crippen LogP contribution in [0.2, 0.25) is 0 Å². The van der Waals surface area contributed by atoms with Crippen LogP contribution in [-0.4, -0.2) is 25.8 Å². The monoisotopic (exact) mass is 478 g/mol. The van der Waals surface area contributed by atoms with Gasteiger partial charge in [-0.3, -0.25) is 4.79 Å². The summed E-state index contributed by atoms with van der Waals surface area (Å²) in [6.45, 7) is 2.74. The van der Waals surface area contributed by atoms with E-state index in [-0.39, 0.29) is 5.56 Å². The van der Waals surface area contributed by atoms with E-state index in [0.29, 0.717) is 16.1 Å². The molecule has 7 heteroatoms. The van der Waals surface area contributed by atoms with E-state index in [2.05, 4.69) is 11.9 Å². The van der Waals surface area contributed by atoms with E-state index in [1.165, 1.54) is 11.3 Å². The maximum Gasteiger partial charge on any atom is 0.274 e. The summed E-state index contributed by atoms with van der Waals surface area (Å²) in [5.74, 6) is 0.801. The summed E-state index contributed by atoms with van der Waals surface area (Å²) >= 11 is 1.39. The summed E-state index contributed by atoms with van der Waals surface area (Å²) in [6.07, 6.45) is 4.81. The Labute approximate surface area is 205 Å². The lowest BCUT2D eigenvalue weighted by Crippen LogP contribution is -2.22. The second-order valence-corrected chi connectivity index (χ2v) is 9.23. The molecule has 3 aromatic heterocycles. The van der Waals surface area contributed by atoms with E-state index in [1.807, 2.05) is 95.8 Å². The first-order valence-corrected chi connectivity index (χ1v) is 12.3. The number of nitrogens with zero attached hydrogens (tertiary/aromatic N) is 4.